The number of carbonyl (C=O) groups is 1. The molecule has 0 amide bonds. The van der Waals surface area contributed by atoms with E-state index in [2.05, 4.69) is 20.3 Å². The largest absolute Gasteiger partial charge is 0.416 e. The molecule has 1 aliphatic heterocycles. The van der Waals surface area contributed by atoms with Gasteiger partial charge in [-0.3, -0.25) is 13.8 Å². The Morgan fingerprint density at radius 3 is 2.40 bits per heavy atom. The van der Waals surface area contributed by atoms with E-state index in [0.29, 0.717) is 22.5 Å². The highest BCUT2D eigenvalue weighted by atomic mass is 32.2. The van der Waals surface area contributed by atoms with Gasteiger partial charge in [0.1, 0.15) is 11.5 Å². The Balaban J connectivity index is 1.53. The van der Waals surface area contributed by atoms with Crippen LogP contribution in [0.1, 0.15) is 54.5 Å². The number of ketones is 1. The zero-order valence-electron chi connectivity index (χ0n) is 27.4. The number of alkyl halides is 3. The van der Waals surface area contributed by atoms with Gasteiger partial charge in [-0.25, -0.2) is 17.6 Å². The van der Waals surface area contributed by atoms with Crippen molar-refractivity contribution < 1.29 is 26.6 Å². The number of halogens is 4. The molecule has 0 saturated carbocycles. The van der Waals surface area contributed by atoms with E-state index in [0.717, 1.165) is 18.3 Å². The van der Waals surface area contributed by atoms with Crippen molar-refractivity contribution in [2.75, 3.05) is 13.1 Å². The Bertz CT molecular complexity index is 2060. The number of benzene rings is 1. The molecule has 254 valence electrons. The molecule has 0 bridgehead atoms. The van der Waals surface area contributed by atoms with Crippen LogP contribution >= 0.6 is 0 Å². The maximum atomic E-state index is 15.4. The number of rotatable bonds is 6. The molecule has 6 rings (SSSR count). The van der Waals surface area contributed by atoms with E-state index in [1.54, 1.807) is 34.4 Å². The summed E-state index contributed by atoms with van der Waals surface area (Å²) >= 11 is 0. The Morgan fingerprint density at radius 2 is 1.77 bits per heavy atom. The minimum Gasteiger partial charge on any atom is -0.291 e. The van der Waals surface area contributed by atoms with Gasteiger partial charge in [0.15, 0.2) is 29.0 Å². The molecular formula is C32H36F4N8O2SSi. The van der Waals surface area contributed by atoms with Crippen molar-refractivity contribution in [3.63, 3.8) is 0 Å². The molecule has 0 spiro atoms. The maximum absolute atomic E-state index is 15.4. The van der Waals surface area contributed by atoms with Crippen molar-refractivity contribution in [2.45, 2.75) is 62.9 Å². The van der Waals surface area contributed by atoms with Crippen LogP contribution in [0.25, 0.3) is 11.8 Å². The average Bonchev–Trinajstić information content (AvgIpc) is 3.64. The summed E-state index contributed by atoms with van der Waals surface area (Å²) in [6.07, 6.45) is 1.44. The first kappa shape index (κ1) is 33.9. The summed E-state index contributed by atoms with van der Waals surface area (Å²) < 4.78 is 78.9. The molecule has 10 nitrogen and oxygen atoms in total. The van der Waals surface area contributed by atoms with Crippen molar-refractivity contribution in [3.8, 4) is 5.69 Å². The van der Waals surface area contributed by atoms with Crippen molar-refractivity contribution in [1.82, 2.24) is 34.1 Å². The fourth-order valence-corrected chi connectivity index (χ4v) is 11.7. The van der Waals surface area contributed by atoms with Crippen LogP contribution in [-0.2, 0) is 29.6 Å². The summed E-state index contributed by atoms with van der Waals surface area (Å²) in [6, 6.07) is 7.40. The lowest BCUT2D eigenvalue weighted by atomic mass is 9.65. The van der Waals surface area contributed by atoms with Crippen molar-refractivity contribution >= 4 is 30.0 Å². The van der Waals surface area contributed by atoms with Gasteiger partial charge in [-0.15, -0.1) is 5.10 Å². The lowest BCUT2D eigenvalue weighted by molar-refractivity contribution is -0.137. The topological polar surface area (TPSA) is 111 Å². The predicted molar refractivity (Wildman–Crippen MR) is 174 cm³/mol. The summed E-state index contributed by atoms with van der Waals surface area (Å²) in [7, 11) is -4.47. The Morgan fingerprint density at radius 1 is 1.06 bits per heavy atom. The Hall–Kier alpha value is -4.02. The first-order chi connectivity index (χ1) is 22.3. The number of fused-ring (bicyclic) bond motifs is 2. The molecule has 1 unspecified atom stereocenters. The molecule has 2 atom stereocenters. The molecule has 48 heavy (non-hydrogen) atoms. The summed E-state index contributed by atoms with van der Waals surface area (Å²) in [5.74, 6) is -1.03. The van der Waals surface area contributed by atoms with Gasteiger partial charge in [0.2, 0.25) is 0 Å². The normalized spacial score (nSPS) is 20.0. The third kappa shape index (κ3) is 5.83. The third-order valence-corrected chi connectivity index (χ3v) is 17.8. The number of hydrogen-bond acceptors (Lipinski definition) is 7. The minimum atomic E-state index is -4.69. The maximum Gasteiger partial charge on any atom is 0.416 e. The van der Waals surface area contributed by atoms with Crippen molar-refractivity contribution in [3.05, 3.63) is 88.9 Å². The van der Waals surface area contributed by atoms with E-state index in [1.807, 2.05) is 39.9 Å². The van der Waals surface area contributed by atoms with Gasteiger partial charge in [-0.1, -0.05) is 26.3 Å². The Kier molecular flexibility index (Phi) is 8.15. The second-order valence-electron chi connectivity index (χ2n) is 13.8. The summed E-state index contributed by atoms with van der Waals surface area (Å²) in [5.41, 5.74) is -0.223. The molecule has 4 aromatic rings. The quantitative estimate of drug-likeness (QED) is 0.129. The third-order valence-electron chi connectivity index (χ3n) is 9.59. The van der Waals surface area contributed by atoms with Crippen LogP contribution in [0.5, 0.6) is 0 Å². The zero-order chi connectivity index (χ0) is 34.9. The predicted octanol–water partition coefficient (Wildman–Crippen LogP) is 6.52. The highest BCUT2D eigenvalue weighted by molar-refractivity contribution is 7.92. The van der Waals surface area contributed by atoms with E-state index in [4.69, 9.17) is 4.03 Å². The molecule has 1 aromatic carbocycles. The summed E-state index contributed by atoms with van der Waals surface area (Å²) in [6.45, 7) is 10.3. The monoisotopic (exact) mass is 700 g/mol. The standard InChI is InChI=1S/C32H36F4N8O2SSi/c1-30(2,3)48(5,6)41-47(46,28-19-38-42(4)40-28)43-14-12-22-16-27-21(18-39-44(27)25-9-7-24(33)8-10-25)17-31(22,20-43)29(45)26-15-23(11-13-37-26)32(34,35)36/h7-11,13,15-16,18-19H,12,14,17,20H2,1-6H3/t31-,47?/m0/s1. The minimum absolute atomic E-state index is 0.0543. The second kappa shape index (κ2) is 11.5. The van der Waals surface area contributed by atoms with Gasteiger partial charge >= 0.3 is 6.18 Å². The molecule has 2 aliphatic rings. The number of pyridine rings is 1. The SMILES string of the molecule is Cn1ncc(S(=O)(=N[Si](C)(C)C(C)(C)C)N2CCC3=Cc4c(cnn4-c4ccc(F)cc4)C[C@]3(C(=O)c3cc(C(F)(F)F)ccn3)C2)n1. The molecular weight excluding hydrogens is 665 g/mol. The molecule has 1 aliphatic carbocycles. The first-order valence-corrected chi connectivity index (χ1v) is 19.8. The lowest BCUT2D eigenvalue weighted by Gasteiger charge is -2.46. The number of Topliss-reactive ketones (excluding diaryl/α,β-unsaturated/α-hetero) is 1. The number of hydrogen-bond donors (Lipinski definition) is 0. The average molecular weight is 701 g/mol. The highest BCUT2D eigenvalue weighted by Crippen LogP contribution is 2.48. The lowest BCUT2D eigenvalue weighted by Crippen LogP contribution is -2.54. The van der Waals surface area contributed by atoms with E-state index in [1.165, 1.54) is 23.1 Å². The van der Waals surface area contributed by atoms with Crippen LogP contribution in [0.4, 0.5) is 17.6 Å². The molecule has 1 saturated heterocycles. The summed E-state index contributed by atoms with van der Waals surface area (Å²) in [4.78, 5) is 20.1. The van der Waals surface area contributed by atoms with Crippen LogP contribution in [0.15, 0.2) is 69.6 Å². The van der Waals surface area contributed by atoms with Crippen molar-refractivity contribution in [2.24, 2.45) is 16.5 Å². The van der Waals surface area contributed by atoms with Crippen LogP contribution in [0.2, 0.25) is 18.1 Å². The van der Waals surface area contributed by atoms with E-state index >= 15 is 4.21 Å². The smallest absolute Gasteiger partial charge is 0.291 e. The molecule has 4 heterocycles. The van der Waals surface area contributed by atoms with Crippen LogP contribution in [-0.4, -0.2) is 65.4 Å². The van der Waals surface area contributed by atoms with Gasteiger partial charge in [0.05, 0.1) is 34.8 Å². The number of piperidine rings is 1. The van der Waals surface area contributed by atoms with Crippen LogP contribution in [0, 0.1) is 11.2 Å². The van der Waals surface area contributed by atoms with Gasteiger partial charge in [-0.2, -0.15) is 28.2 Å². The molecule has 3 aromatic heterocycles. The fourth-order valence-electron chi connectivity index (χ4n) is 5.92. The van der Waals surface area contributed by atoms with Crippen LogP contribution in [0.3, 0.4) is 0 Å². The van der Waals surface area contributed by atoms with Gasteiger partial charge < -0.3 is 0 Å². The zero-order valence-corrected chi connectivity index (χ0v) is 29.2. The number of nitrogens with zero attached hydrogens (tertiary/aromatic N) is 8. The van der Waals surface area contributed by atoms with Crippen molar-refractivity contribution in [1.29, 1.82) is 0 Å². The Labute approximate surface area is 277 Å². The van der Waals surface area contributed by atoms with E-state index in [9.17, 15) is 22.4 Å². The van der Waals surface area contributed by atoms with E-state index < -0.39 is 46.9 Å². The highest BCUT2D eigenvalue weighted by Gasteiger charge is 2.52. The first-order valence-electron chi connectivity index (χ1n) is 15.4. The fraction of sp³-hybridized carbons (Fsp3) is 0.406. The van der Waals surface area contributed by atoms with Gasteiger partial charge in [0.25, 0.3) is 0 Å². The van der Waals surface area contributed by atoms with Crippen LogP contribution < -0.4 is 0 Å². The number of carbonyl (C=O) groups excluding carboxylic acids is 1. The second-order valence-corrected chi connectivity index (χ2v) is 21.1. The number of aromatic nitrogens is 6. The summed E-state index contributed by atoms with van der Waals surface area (Å²) in [5, 5.41) is 13.0. The molecule has 0 N–H and O–H groups in total. The molecule has 0 radical (unpaired) electrons. The van der Waals surface area contributed by atoms with Gasteiger partial charge in [0, 0.05) is 26.3 Å². The molecule has 16 heteroatoms. The van der Waals surface area contributed by atoms with Gasteiger partial charge in [-0.05, 0) is 79.0 Å². The molecule has 1 fully saturated rings. The number of aryl methyl sites for hydroxylation is 1. The van der Waals surface area contributed by atoms with E-state index in [-0.39, 0.29) is 41.7 Å².